The Bertz CT molecular complexity index is 377. The van der Waals surface area contributed by atoms with Gasteiger partial charge in [0.1, 0.15) is 6.61 Å². The number of methoxy groups -OCH3 is 1. The molecular formula is C12H16BrNO4. The summed E-state index contributed by atoms with van der Waals surface area (Å²) >= 11 is 3.27. The molecule has 0 bridgehead atoms. The summed E-state index contributed by atoms with van der Waals surface area (Å²) in [6.07, 6.45) is 0. The second kappa shape index (κ2) is 8.07. The standard InChI is InChI=1S/C12H16BrNO4/c1-16-2-3-17-4-5-18-12(15)9-6-10(13)8-11(14)7-9/h6-8H,2-5,14H2,1H3. The van der Waals surface area contributed by atoms with Crippen molar-refractivity contribution in [3.05, 3.63) is 28.2 Å². The van der Waals surface area contributed by atoms with Gasteiger partial charge in [0, 0.05) is 17.3 Å². The fourth-order valence-electron chi connectivity index (χ4n) is 1.25. The summed E-state index contributed by atoms with van der Waals surface area (Å²) in [5.41, 5.74) is 6.55. The van der Waals surface area contributed by atoms with Crippen molar-refractivity contribution < 1.29 is 19.0 Å². The molecule has 0 heterocycles. The number of ether oxygens (including phenoxy) is 3. The average Bonchev–Trinajstić information content (AvgIpc) is 2.32. The third-order valence-corrected chi connectivity index (χ3v) is 2.51. The fourth-order valence-corrected chi connectivity index (χ4v) is 1.76. The van der Waals surface area contributed by atoms with Gasteiger partial charge in [0.15, 0.2) is 0 Å². The number of hydrogen-bond donors (Lipinski definition) is 1. The summed E-state index contributed by atoms with van der Waals surface area (Å²) in [5, 5.41) is 0. The van der Waals surface area contributed by atoms with E-state index in [0.717, 1.165) is 4.47 Å². The lowest BCUT2D eigenvalue weighted by Crippen LogP contribution is -2.12. The molecule has 0 unspecified atom stereocenters. The van der Waals surface area contributed by atoms with Crippen molar-refractivity contribution in [2.45, 2.75) is 0 Å². The van der Waals surface area contributed by atoms with Gasteiger partial charge in [-0.2, -0.15) is 0 Å². The normalized spacial score (nSPS) is 10.3. The molecule has 0 aliphatic carbocycles. The number of anilines is 1. The molecule has 2 N–H and O–H groups in total. The summed E-state index contributed by atoms with van der Waals surface area (Å²) in [6, 6.07) is 4.94. The molecular weight excluding hydrogens is 302 g/mol. The first-order valence-corrected chi connectivity index (χ1v) is 6.22. The van der Waals surface area contributed by atoms with Gasteiger partial charge in [-0.05, 0) is 18.2 Å². The number of carbonyl (C=O) groups excluding carboxylic acids is 1. The Morgan fingerprint density at radius 3 is 2.61 bits per heavy atom. The number of hydrogen-bond acceptors (Lipinski definition) is 5. The molecule has 0 radical (unpaired) electrons. The highest BCUT2D eigenvalue weighted by Crippen LogP contribution is 2.17. The van der Waals surface area contributed by atoms with Crippen LogP contribution in [0.25, 0.3) is 0 Å². The van der Waals surface area contributed by atoms with Crippen LogP contribution in [0.5, 0.6) is 0 Å². The van der Waals surface area contributed by atoms with Crippen LogP contribution in [0, 0.1) is 0 Å². The Kier molecular flexibility index (Phi) is 6.70. The maximum atomic E-state index is 11.7. The van der Waals surface area contributed by atoms with Gasteiger partial charge in [0.25, 0.3) is 0 Å². The minimum absolute atomic E-state index is 0.203. The van der Waals surface area contributed by atoms with E-state index in [4.69, 9.17) is 19.9 Å². The molecule has 0 saturated heterocycles. The highest BCUT2D eigenvalue weighted by molar-refractivity contribution is 9.10. The van der Waals surface area contributed by atoms with Gasteiger partial charge in [-0.15, -0.1) is 0 Å². The number of nitrogens with two attached hydrogens (primary N) is 1. The third-order valence-electron chi connectivity index (χ3n) is 2.05. The Morgan fingerprint density at radius 1 is 1.22 bits per heavy atom. The molecule has 5 nitrogen and oxygen atoms in total. The van der Waals surface area contributed by atoms with E-state index in [1.807, 2.05) is 0 Å². The topological polar surface area (TPSA) is 70.8 Å². The van der Waals surface area contributed by atoms with Crippen molar-refractivity contribution in [3.8, 4) is 0 Å². The molecule has 1 aromatic rings. The van der Waals surface area contributed by atoms with Gasteiger partial charge in [-0.1, -0.05) is 15.9 Å². The minimum Gasteiger partial charge on any atom is -0.460 e. The Hall–Kier alpha value is -1.11. The zero-order chi connectivity index (χ0) is 13.4. The average molecular weight is 318 g/mol. The molecule has 0 spiro atoms. The summed E-state index contributed by atoms with van der Waals surface area (Å²) < 4.78 is 15.8. The second-order valence-electron chi connectivity index (χ2n) is 3.51. The second-order valence-corrected chi connectivity index (χ2v) is 4.43. The van der Waals surface area contributed by atoms with Gasteiger partial charge in [0.2, 0.25) is 0 Å². The SMILES string of the molecule is COCCOCCOC(=O)c1cc(N)cc(Br)c1. The van der Waals surface area contributed by atoms with Crippen molar-refractivity contribution in [1.82, 2.24) is 0 Å². The van der Waals surface area contributed by atoms with Crippen LogP contribution in [-0.4, -0.2) is 39.5 Å². The number of esters is 1. The molecule has 1 rings (SSSR count). The van der Waals surface area contributed by atoms with Crippen molar-refractivity contribution in [1.29, 1.82) is 0 Å². The zero-order valence-electron chi connectivity index (χ0n) is 10.1. The first kappa shape index (κ1) is 14.9. The largest absolute Gasteiger partial charge is 0.460 e. The van der Waals surface area contributed by atoms with E-state index >= 15 is 0 Å². The summed E-state index contributed by atoms with van der Waals surface area (Å²) in [7, 11) is 1.60. The smallest absolute Gasteiger partial charge is 0.338 e. The van der Waals surface area contributed by atoms with Crippen LogP contribution in [-0.2, 0) is 14.2 Å². The molecule has 6 heteroatoms. The van der Waals surface area contributed by atoms with Crippen LogP contribution < -0.4 is 5.73 Å². The molecule has 0 amide bonds. The van der Waals surface area contributed by atoms with Crippen molar-refractivity contribution >= 4 is 27.6 Å². The monoisotopic (exact) mass is 317 g/mol. The van der Waals surface area contributed by atoms with Crippen LogP contribution in [0.2, 0.25) is 0 Å². The molecule has 1 aromatic carbocycles. The summed E-state index contributed by atoms with van der Waals surface area (Å²) in [5.74, 6) is -0.418. The van der Waals surface area contributed by atoms with Gasteiger partial charge < -0.3 is 19.9 Å². The summed E-state index contributed by atoms with van der Waals surface area (Å²) in [6.45, 7) is 1.56. The predicted molar refractivity (Wildman–Crippen MR) is 71.5 cm³/mol. The minimum atomic E-state index is -0.418. The van der Waals surface area contributed by atoms with E-state index in [0.29, 0.717) is 31.1 Å². The maximum absolute atomic E-state index is 11.7. The number of carbonyl (C=O) groups is 1. The fraction of sp³-hybridized carbons (Fsp3) is 0.417. The number of nitrogen functional groups attached to an aromatic ring is 1. The van der Waals surface area contributed by atoms with Gasteiger partial charge in [-0.3, -0.25) is 0 Å². The Labute approximate surface area is 114 Å². The first-order chi connectivity index (χ1) is 8.63. The van der Waals surface area contributed by atoms with E-state index in [2.05, 4.69) is 15.9 Å². The molecule has 0 fully saturated rings. The van der Waals surface area contributed by atoms with E-state index in [-0.39, 0.29) is 6.61 Å². The molecule has 0 aliphatic rings. The molecule has 0 aliphatic heterocycles. The van der Waals surface area contributed by atoms with E-state index < -0.39 is 5.97 Å². The van der Waals surface area contributed by atoms with E-state index in [1.165, 1.54) is 0 Å². The van der Waals surface area contributed by atoms with Crippen molar-refractivity contribution in [2.24, 2.45) is 0 Å². The molecule has 0 aromatic heterocycles. The lowest BCUT2D eigenvalue weighted by molar-refractivity contribution is 0.0214. The summed E-state index contributed by atoms with van der Waals surface area (Å²) in [4.78, 5) is 11.7. The van der Waals surface area contributed by atoms with Crippen LogP contribution in [0.15, 0.2) is 22.7 Å². The third kappa shape index (κ3) is 5.48. The zero-order valence-corrected chi connectivity index (χ0v) is 11.7. The molecule has 100 valence electrons. The highest BCUT2D eigenvalue weighted by atomic mass is 79.9. The van der Waals surface area contributed by atoms with Crippen LogP contribution in [0.1, 0.15) is 10.4 Å². The van der Waals surface area contributed by atoms with Gasteiger partial charge >= 0.3 is 5.97 Å². The quantitative estimate of drug-likeness (QED) is 0.472. The Morgan fingerprint density at radius 2 is 1.94 bits per heavy atom. The van der Waals surface area contributed by atoms with Crippen molar-refractivity contribution in [2.75, 3.05) is 39.3 Å². The number of benzene rings is 1. The van der Waals surface area contributed by atoms with Gasteiger partial charge in [-0.25, -0.2) is 4.79 Å². The highest BCUT2D eigenvalue weighted by Gasteiger charge is 2.08. The first-order valence-electron chi connectivity index (χ1n) is 5.43. The number of rotatable bonds is 7. The van der Waals surface area contributed by atoms with Crippen LogP contribution in [0.4, 0.5) is 5.69 Å². The van der Waals surface area contributed by atoms with Crippen LogP contribution >= 0.6 is 15.9 Å². The van der Waals surface area contributed by atoms with Crippen molar-refractivity contribution in [3.63, 3.8) is 0 Å². The predicted octanol–water partition coefficient (Wildman–Crippen LogP) is 1.85. The lowest BCUT2D eigenvalue weighted by Gasteiger charge is -2.06. The molecule has 18 heavy (non-hydrogen) atoms. The van der Waals surface area contributed by atoms with E-state index in [1.54, 1.807) is 25.3 Å². The van der Waals surface area contributed by atoms with Crippen LogP contribution in [0.3, 0.4) is 0 Å². The Balaban J connectivity index is 2.32. The maximum Gasteiger partial charge on any atom is 0.338 e. The van der Waals surface area contributed by atoms with E-state index in [9.17, 15) is 4.79 Å². The lowest BCUT2D eigenvalue weighted by atomic mass is 10.2. The molecule has 0 saturated carbocycles. The van der Waals surface area contributed by atoms with Gasteiger partial charge in [0.05, 0.1) is 25.4 Å². The number of halogens is 1. The molecule has 0 atom stereocenters.